The number of aromatic nitrogens is 3. The maximum absolute atomic E-state index is 12.1. The Bertz CT molecular complexity index is 605. The van der Waals surface area contributed by atoms with Gasteiger partial charge in [0, 0.05) is 38.9 Å². The largest absolute Gasteiger partial charge is 0.481 e. The molecular formula is C15H24N4O4. The van der Waals surface area contributed by atoms with E-state index in [1.807, 2.05) is 0 Å². The van der Waals surface area contributed by atoms with Crippen molar-refractivity contribution in [2.45, 2.75) is 64.5 Å². The van der Waals surface area contributed by atoms with Crippen LogP contribution in [0.15, 0.2) is 4.79 Å². The van der Waals surface area contributed by atoms with E-state index in [0.29, 0.717) is 38.8 Å². The van der Waals surface area contributed by atoms with E-state index in [9.17, 15) is 14.4 Å². The summed E-state index contributed by atoms with van der Waals surface area (Å²) in [6, 6.07) is 0. The quantitative estimate of drug-likeness (QED) is 0.645. The molecule has 1 aliphatic rings. The average molecular weight is 324 g/mol. The summed E-state index contributed by atoms with van der Waals surface area (Å²) < 4.78 is 3.23. The summed E-state index contributed by atoms with van der Waals surface area (Å²) in [5.41, 5.74) is -0.0558. The Morgan fingerprint density at radius 2 is 1.96 bits per heavy atom. The number of fused-ring (bicyclic) bond motifs is 1. The second-order valence-corrected chi connectivity index (χ2v) is 5.84. The number of carbonyl (C=O) groups is 2. The molecule has 8 heteroatoms. The lowest BCUT2D eigenvalue weighted by molar-refractivity contribution is -0.137. The van der Waals surface area contributed by atoms with Crippen LogP contribution in [-0.2, 0) is 29.1 Å². The van der Waals surface area contributed by atoms with Gasteiger partial charge in [-0.2, -0.15) is 5.10 Å². The van der Waals surface area contributed by atoms with Crippen LogP contribution in [0.25, 0.3) is 0 Å². The van der Waals surface area contributed by atoms with Crippen molar-refractivity contribution in [1.29, 1.82) is 0 Å². The molecule has 0 saturated carbocycles. The highest BCUT2D eigenvalue weighted by molar-refractivity contribution is 5.75. The number of aliphatic carboxylic acids is 1. The van der Waals surface area contributed by atoms with E-state index in [0.717, 1.165) is 31.6 Å². The van der Waals surface area contributed by atoms with Crippen molar-refractivity contribution < 1.29 is 14.7 Å². The van der Waals surface area contributed by atoms with E-state index in [-0.39, 0.29) is 18.0 Å². The fourth-order valence-corrected chi connectivity index (χ4v) is 2.70. The lowest BCUT2D eigenvalue weighted by Crippen LogP contribution is -2.29. The van der Waals surface area contributed by atoms with Gasteiger partial charge in [-0.3, -0.25) is 14.2 Å². The smallest absolute Gasteiger partial charge is 0.345 e. The predicted molar refractivity (Wildman–Crippen MR) is 83.2 cm³/mol. The van der Waals surface area contributed by atoms with E-state index in [2.05, 4.69) is 10.4 Å². The first-order valence-electron chi connectivity index (χ1n) is 8.23. The number of hydrogen-bond donors (Lipinski definition) is 2. The third-order valence-corrected chi connectivity index (χ3v) is 3.94. The molecule has 0 spiro atoms. The van der Waals surface area contributed by atoms with Gasteiger partial charge in [-0.15, -0.1) is 0 Å². The monoisotopic (exact) mass is 324 g/mol. The molecule has 0 fully saturated rings. The molecule has 1 aromatic heterocycles. The van der Waals surface area contributed by atoms with Crippen LogP contribution < -0.4 is 11.0 Å². The predicted octanol–water partition coefficient (Wildman–Crippen LogP) is 0.532. The van der Waals surface area contributed by atoms with Crippen molar-refractivity contribution in [3.05, 3.63) is 16.3 Å². The van der Waals surface area contributed by atoms with E-state index in [1.165, 1.54) is 4.68 Å². The third-order valence-electron chi connectivity index (χ3n) is 3.94. The molecule has 0 bridgehead atoms. The molecule has 128 valence electrons. The summed E-state index contributed by atoms with van der Waals surface area (Å²) in [7, 11) is 0. The van der Waals surface area contributed by atoms with Crippen LogP contribution in [0.4, 0.5) is 0 Å². The summed E-state index contributed by atoms with van der Waals surface area (Å²) in [6.45, 7) is 1.74. The molecule has 0 aromatic carbocycles. The molecule has 0 saturated heterocycles. The molecule has 0 unspecified atom stereocenters. The van der Waals surface area contributed by atoms with Crippen molar-refractivity contribution in [2.24, 2.45) is 0 Å². The van der Waals surface area contributed by atoms with Crippen molar-refractivity contribution in [3.8, 4) is 0 Å². The number of aryl methyl sites for hydroxylation is 2. The molecule has 2 heterocycles. The van der Waals surface area contributed by atoms with Gasteiger partial charge in [0.2, 0.25) is 5.91 Å². The fourth-order valence-electron chi connectivity index (χ4n) is 2.70. The number of carboxylic acids is 1. The number of carboxylic acid groups (broad SMARTS) is 1. The summed E-state index contributed by atoms with van der Waals surface area (Å²) in [5.74, 6) is -0.0470. The Balaban J connectivity index is 1.64. The number of nitrogens with zero attached hydrogens (tertiary/aromatic N) is 3. The van der Waals surface area contributed by atoms with Crippen LogP contribution in [0.1, 0.15) is 50.8 Å². The topological polar surface area (TPSA) is 106 Å². The Morgan fingerprint density at radius 3 is 2.70 bits per heavy atom. The van der Waals surface area contributed by atoms with Crippen LogP contribution in [0.3, 0.4) is 0 Å². The van der Waals surface area contributed by atoms with Crippen LogP contribution in [-0.4, -0.2) is 37.9 Å². The van der Waals surface area contributed by atoms with Crippen molar-refractivity contribution in [1.82, 2.24) is 19.7 Å². The molecule has 0 radical (unpaired) electrons. The number of nitrogens with one attached hydrogen (secondary N) is 1. The van der Waals surface area contributed by atoms with Gasteiger partial charge >= 0.3 is 11.7 Å². The molecule has 0 atom stereocenters. The lowest BCUT2D eigenvalue weighted by atomic mass is 10.2. The third kappa shape index (κ3) is 5.22. The minimum Gasteiger partial charge on any atom is -0.481 e. The Labute approximate surface area is 134 Å². The van der Waals surface area contributed by atoms with E-state index >= 15 is 0 Å². The maximum atomic E-state index is 12.1. The van der Waals surface area contributed by atoms with Gasteiger partial charge in [0.05, 0.1) is 0 Å². The molecule has 0 aliphatic carbocycles. The van der Waals surface area contributed by atoms with Gasteiger partial charge in [0.25, 0.3) is 0 Å². The van der Waals surface area contributed by atoms with Crippen molar-refractivity contribution >= 4 is 11.9 Å². The molecule has 23 heavy (non-hydrogen) atoms. The molecule has 8 nitrogen and oxygen atoms in total. The Kier molecular flexibility index (Phi) is 6.37. The van der Waals surface area contributed by atoms with E-state index < -0.39 is 5.97 Å². The average Bonchev–Trinajstić information content (AvgIpc) is 2.85. The van der Waals surface area contributed by atoms with E-state index in [4.69, 9.17) is 5.11 Å². The molecule has 1 amide bonds. The lowest BCUT2D eigenvalue weighted by Gasteiger charge is -2.09. The van der Waals surface area contributed by atoms with Crippen molar-refractivity contribution in [2.75, 3.05) is 6.54 Å². The maximum Gasteiger partial charge on any atom is 0.345 e. The standard InChI is InChI=1S/C15H24N4O4/c20-13(7-1-2-8-14(21)22)16-9-5-11-19-15(23)18-10-4-3-6-12(18)17-19/h1-11H2,(H,16,20)(H,21,22). The SMILES string of the molecule is O=C(O)CCCCC(=O)NCCCn1nc2n(c1=O)CCCC2. The molecule has 2 rings (SSSR count). The number of carbonyl (C=O) groups excluding carboxylic acids is 1. The zero-order valence-electron chi connectivity index (χ0n) is 13.3. The highest BCUT2D eigenvalue weighted by Crippen LogP contribution is 2.09. The fraction of sp³-hybridized carbons (Fsp3) is 0.733. The van der Waals surface area contributed by atoms with Crippen LogP contribution >= 0.6 is 0 Å². The number of rotatable bonds is 9. The summed E-state index contributed by atoms with van der Waals surface area (Å²) >= 11 is 0. The van der Waals surface area contributed by atoms with Gasteiger partial charge in [-0.1, -0.05) is 0 Å². The van der Waals surface area contributed by atoms with Crippen LogP contribution in [0.2, 0.25) is 0 Å². The normalized spacial score (nSPS) is 13.6. The molecular weight excluding hydrogens is 300 g/mol. The Hall–Kier alpha value is -2.12. The Morgan fingerprint density at radius 1 is 1.17 bits per heavy atom. The summed E-state index contributed by atoms with van der Waals surface area (Å²) in [5, 5.41) is 15.6. The second-order valence-electron chi connectivity index (χ2n) is 5.84. The first-order valence-corrected chi connectivity index (χ1v) is 8.23. The zero-order valence-corrected chi connectivity index (χ0v) is 13.3. The van der Waals surface area contributed by atoms with E-state index in [1.54, 1.807) is 4.57 Å². The number of unbranched alkanes of at least 4 members (excludes halogenated alkanes) is 1. The van der Waals surface area contributed by atoms with Gasteiger partial charge < -0.3 is 10.4 Å². The first-order chi connectivity index (χ1) is 11.1. The second kappa shape index (κ2) is 8.50. The van der Waals surface area contributed by atoms with Crippen LogP contribution in [0, 0.1) is 0 Å². The first kappa shape index (κ1) is 17.2. The summed E-state index contributed by atoms with van der Waals surface area (Å²) in [6.07, 6.45) is 5.13. The molecule has 1 aliphatic heterocycles. The minimum atomic E-state index is -0.835. The van der Waals surface area contributed by atoms with Gasteiger partial charge in [-0.05, 0) is 32.1 Å². The zero-order chi connectivity index (χ0) is 16.7. The minimum absolute atomic E-state index is 0.0558. The molecule has 1 aromatic rings. The molecule has 2 N–H and O–H groups in total. The van der Waals surface area contributed by atoms with Crippen LogP contribution in [0.5, 0.6) is 0 Å². The van der Waals surface area contributed by atoms with Gasteiger partial charge in [0.15, 0.2) is 0 Å². The van der Waals surface area contributed by atoms with Gasteiger partial charge in [0.1, 0.15) is 5.82 Å². The number of hydrogen-bond acceptors (Lipinski definition) is 4. The highest BCUT2D eigenvalue weighted by atomic mass is 16.4. The summed E-state index contributed by atoms with van der Waals surface area (Å²) in [4.78, 5) is 34.0. The highest BCUT2D eigenvalue weighted by Gasteiger charge is 2.16. The number of amides is 1. The van der Waals surface area contributed by atoms with Gasteiger partial charge in [-0.25, -0.2) is 9.48 Å². The van der Waals surface area contributed by atoms with Crippen molar-refractivity contribution in [3.63, 3.8) is 0 Å².